The second-order valence-corrected chi connectivity index (χ2v) is 3.69. The van der Waals surface area contributed by atoms with Crippen LogP contribution in [0.4, 0.5) is 0 Å². The van der Waals surface area contributed by atoms with Gasteiger partial charge in [-0.15, -0.1) is 0 Å². The highest BCUT2D eigenvalue weighted by Gasteiger charge is 2.38. The molecular formula is C10H18O2. The molecule has 0 N–H and O–H groups in total. The van der Waals surface area contributed by atoms with Gasteiger partial charge >= 0.3 is 5.97 Å². The molecular weight excluding hydrogens is 152 g/mol. The number of hydrogen-bond donors (Lipinski definition) is 0. The summed E-state index contributed by atoms with van der Waals surface area (Å²) in [5, 5.41) is 0. The van der Waals surface area contributed by atoms with Crippen LogP contribution in [0.3, 0.4) is 0 Å². The lowest BCUT2D eigenvalue weighted by atomic mass is 9.72. The van der Waals surface area contributed by atoms with Crippen molar-refractivity contribution >= 4 is 5.97 Å². The summed E-state index contributed by atoms with van der Waals surface area (Å²) in [6.07, 6.45) is 6.62. The van der Waals surface area contributed by atoms with E-state index in [0.29, 0.717) is 0 Å². The summed E-state index contributed by atoms with van der Waals surface area (Å²) in [6, 6.07) is 0. The molecule has 1 aliphatic carbocycles. The smallest absolute Gasteiger partial charge is 0.311 e. The molecule has 12 heavy (non-hydrogen) atoms. The van der Waals surface area contributed by atoms with Gasteiger partial charge in [-0.2, -0.15) is 0 Å². The van der Waals surface area contributed by atoms with Crippen molar-refractivity contribution in [3.63, 3.8) is 0 Å². The van der Waals surface area contributed by atoms with Crippen molar-refractivity contribution in [2.45, 2.75) is 45.4 Å². The van der Waals surface area contributed by atoms with E-state index in [0.717, 1.165) is 19.3 Å². The topological polar surface area (TPSA) is 26.3 Å². The van der Waals surface area contributed by atoms with Crippen LogP contribution in [-0.2, 0) is 9.53 Å². The maximum Gasteiger partial charge on any atom is 0.311 e. The molecule has 0 unspecified atom stereocenters. The second-order valence-electron chi connectivity index (χ2n) is 3.69. The van der Waals surface area contributed by atoms with Gasteiger partial charge in [-0.3, -0.25) is 4.79 Å². The Bertz CT molecular complexity index is 157. The van der Waals surface area contributed by atoms with Crippen molar-refractivity contribution in [2.24, 2.45) is 5.41 Å². The molecule has 0 heterocycles. The molecule has 70 valence electrons. The maximum absolute atomic E-state index is 11.5. The van der Waals surface area contributed by atoms with Gasteiger partial charge in [0.2, 0.25) is 0 Å². The summed E-state index contributed by atoms with van der Waals surface area (Å²) < 4.78 is 4.85. The van der Waals surface area contributed by atoms with Crippen LogP contribution >= 0.6 is 0 Å². The average Bonchev–Trinajstić information content (AvgIpc) is 2.17. The van der Waals surface area contributed by atoms with Gasteiger partial charge in [-0.25, -0.2) is 0 Å². The lowest BCUT2D eigenvalue weighted by Gasteiger charge is -2.33. The Kier molecular flexibility index (Phi) is 3.12. The minimum atomic E-state index is -0.132. The first-order chi connectivity index (χ1) is 5.75. The van der Waals surface area contributed by atoms with Crippen LogP contribution < -0.4 is 0 Å². The van der Waals surface area contributed by atoms with Crippen molar-refractivity contribution in [3.8, 4) is 0 Å². The zero-order valence-electron chi connectivity index (χ0n) is 8.06. The number of hydrogen-bond acceptors (Lipinski definition) is 2. The highest BCUT2D eigenvalue weighted by Crippen LogP contribution is 2.39. The predicted molar refractivity (Wildman–Crippen MR) is 47.8 cm³/mol. The minimum absolute atomic E-state index is 0.00435. The maximum atomic E-state index is 11.5. The standard InChI is InChI=1S/C10H18O2/c1-3-10(9(11)12-2)7-5-4-6-8-10/h3-8H2,1-2H3. The molecule has 0 bridgehead atoms. The van der Waals surface area contributed by atoms with E-state index in [-0.39, 0.29) is 11.4 Å². The molecule has 0 aromatic carbocycles. The highest BCUT2D eigenvalue weighted by molar-refractivity contribution is 5.76. The molecule has 1 saturated carbocycles. The van der Waals surface area contributed by atoms with E-state index in [9.17, 15) is 4.79 Å². The van der Waals surface area contributed by atoms with Crippen LogP contribution in [0.15, 0.2) is 0 Å². The number of rotatable bonds is 2. The summed E-state index contributed by atoms with van der Waals surface area (Å²) >= 11 is 0. The van der Waals surface area contributed by atoms with Crippen LogP contribution in [0.1, 0.15) is 45.4 Å². The first kappa shape index (κ1) is 9.56. The van der Waals surface area contributed by atoms with E-state index >= 15 is 0 Å². The number of carbonyl (C=O) groups excluding carboxylic acids is 1. The van der Waals surface area contributed by atoms with Gasteiger partial charge in [0.05, 0.1) is 12.5 Å². The summed E-state index contributed by atoms with van der Waals surface area (Å²) in [5.74, 6) is 0.00435. The Hall–Kier alpha value is -0.530. The largest absolute Gasteiger partial charge is 0.469 e. The van der Waals surface area contributed by atoms with Crippen LogP contribution in [-0.4, -0.2) is 13.1 Å². The SMILES string of the molecule is CCC1(C(=O)OC)CCCCC1. The van der Waals surface area contributed by atoms with Crippen molar-refractivity contribution in [1.82, 2.24) is 0 Å². The summed E-state index contributed by atoms with van der Waals surface area (Å²) in [7, 11) is 1.49. The van der Waals surface area contributed by atoms with Gasteiger partial charge in [0.25, 0.3) is 0 Å². The Balaban J connectivity index is 2.66. The third kappa shape index (κ3) is 1.62. The van der Waals surface area contributed by atoms with Gasteiger partial charge in [0, 0.05) is 0 Å². The van der Waals surface area contributed by atoms with Crippen LogP contribution in [0.25, 0.3) is 0 Å². The van der Waals surface area contributed by atoms with Crippen LogP contribution in [0.2, 0.25) is 0 Å². The fourth-order valence-corrected chi connectivity index (χ4v) is 2.15. The lowest BCUT2D eigenvalue weighted by molar-refractivity contribution is -0.155. The first-order valence-corrected chi connectivity index (χ1v) is 4.83. The Morgan fingerprint density at radius 2 is 1.92 bits per heavy atom. The molecule has 0 spiro atoms. The van der Waals surface area contributed by atoms with Crippen molar-refractivity contribution in [1.29, 1.82) is 0 Å². The first-order valence-electron chi connectivity index (χ1n) is 4.83. The molecule has 0 aromatic heterocycles. The average molecular weight is 170 g/mol. The van der Waals surface area contributed by atoms with E-state index in [1.807, 2.05) is 0 Å². The number of methoxy groups -OCH3 is 1. The van der Waals surface area contributed by atoms with Gasteiger partial charge in [-0.1, -0.05) is 26.2 Å². The van der Waals surface area contributed by atoms with Crippen molar-refractivity contribution in [2.75, 3.05) is 7.11 Å². The van der Waals surface area contributed by atoms with E-state index in [4.69, 9.17) is 4.74 Å². The highest BCUT2D eigenvalue weighted by atomic mass is 16.5. The normalized spacial score (nSPS) is 21.8. The van der Waals surface area contributed by atoms with Crippen LogP contribution in [0.5, 0.6) is 0 Å². The third-order valence-corrected chi connectivity index (χ3v) is 3.11. The summed E-state index contributed by atoms with van der Waals surface area (Å²) in [4.78, 5) is 11.5. The quantitative estimate of drug-likeness (QED) is 0.595. The van der Waals surface area contributed by atoms with Crippen molar-refractivity contribution in [3.05, 3.63) is 0 Å². The molecule has 0 radical (unpaired) electrons. The molecule has 0 atom stereocenters. The van der Waals surface area contributed by atoms with E-state index in [2.05, 4.69) is 6.92 Å². The van der Waals surface area contributed by atoms with Gasteiger partial charge in [0.15, 0.2) is 0 Å². The van der Waals surface area contributed by atoms with Crippen molar-refractivity contribution < 1.29 is 9.53 Å². The van der Waals surface area contributed by atoms with Gasteiger partial charge < -0.3 is 4.74 Å². The predicted octanol–water partition coefficient (Wildman–Crippen LogP) is 2.52. The molecule has 0 aliphatic heterocycles. The van der Waals surface area contributed by atoms with Gasteiger partial charge in [0.1, 0.15) is 0 Å². The fourth-order valence-electron chi connectivity index (χ4n) is 2.15. The molecule has 1 fully saturated rings. The summed E-state index contributed by atoms with van der Waals surface area (Å²) in [6.45, 7) is 2.09. The van der Waals surface area contributed by atoms with Crippen LogP contribution in [0, 0.1) is 5.41 Å². The molecule has 0 amide bonds. The van der Waals surface area contributed by atoms with E-state index < -0.39 is 0 Å². The second kappa shape index (κ2) is 3.92. The summed E-state index contributed by atoms with van der Waals surface area (Å²) in [5.41, 5.74) is -0.132. The van der Waals surface area contributed by atoms with E-state index in [1.165, 1.54) is 26.4 Å². The Labute approximate surface area is 74.3 Å². The zero-order chi connectivity index (χ0) is 9.03. The minimum Gasteiger partial charge on any atom is -0.469 e. The number of ether oxygens (including phenoxy) is 1. The molecule has 1 aliphatic rings. The third-order valence-electron chi connectivity index (χ3n) is 3.11. The Morgan fingerprint density at radius 3 is 2.33 bits per heavy atom. The monoisotopic (exact) mass is 170 g/mol. The molecule has 1 rings (SSSR count). The molecule has 0 saturated heterocycles. The fraction of sp³-hybridized carbons (Fsp3) is 0.900. The number of carbonyl (C=O) groups is 1. The van der Waals surface area contributed by atoms with E-state index in [1.54, 1.807) is 0 Å². The molecule has 0 aromatic rings. The Morgan fingerprint density at radius 1 is 1.33 bits per heavy atom. The van der Waals surface area contributed by atoms with Gasteiger partial charge in [-0.05, 0) is 19.3 Å². The molecule has 2 nitrogen and oxygen atoms in total. The zero-order valence-corrected chi connectivity index (χ0v) is 8.06. The molecule has 2 heteroatoms. The lowest BCUT2D eigenvalue weighted by Crippen LogP contribution is -2.33. The number of esters is 1.